The van der Waals surface area contributed by atoms with Crippen LogP contribution >= 0.6 is 0 Å². The van der Waals surface area contributed by atoms with Crippen molar-refractivity contribution in [3.63, 3.8) is 0 Å². The molecule has 0 saturated heterocycles. The van der Waals surface area contributed by atoms with Gasteiger partial charge in [0.05, 0.1) is 0 Å². The molecule has 1 aliphatic rings. The molecule has 0 aliphatic heterocycles. The average Bonchev–Trinajstić information content (AvgIpc) is 3.16. The number of fused-ring (bicyclic) bond motifs is 3. The first kappa shape index (κ1) is 19.8. The van der Waals surface area contributed by atoms with Crippen molar-refractivity contribution in [2.75, 3.05) is 0 Å². The molecule has 0 N–H and O–H groups in total. The molecule has 0 nitrogen and oxygen atoms in total. The smallest absolute Gasteiger partial charge is 0.00103 e. The van der Waals surface area contributed by atoms with Crippen LogP contribution in [0.2, 0.25) is 0 Å². The van der Waals surface area contributed by atoms with Gasteiger partial charge in [-0.05, 0) is 94.3 Å². The molecule has 31 heavy (non-hydrogen) atoms. The van der Waals surface area contributed by atoms with Crippen molar-refractivity contribution in [1.29, 1.82) is 0 Å². The molecule has 5 rings (SSSR count). The van der Waals surface area contributed by atoms with Crippen molar-refractivity contribution in [1.82, 2.24) is 0 Å². The Morgan fingerprint density at radius 2 is 1.29 bits per heavy atom. The zero-order chi connectivity index (χ0) is 21.4. The summed E-state index contributed by atoms with van der Waals surface area (Å²) >= 11 is 0. The van der Waals surface area contributed by atoms with E-state index in [4.69, 9.17) is 0 Å². The Kier molecular flexibility index (Phi) is 5.24. The summed E-state index contributed by atoms with van der Waals surface area (Å²) in [4.78, 5) is 0. The fourth-order valence-corrected chi connectivity index (χ4v) is 5.17. The molecule has 0 unspecified atom stereocenters. The second-order valence-corrected chi connectivity index (χ2v) is 8.90. The van der Waals surface area contributed by atoms with Crippen molar-refractivity contribution in [2.24, 2.45) is 0 Å². The Hall–Kier alpha value is -3.12. The van der Waals surface area contributed by atoms with E-state index in [1.165, 1.54) is 62.9 Å². The van der Waals surface area contributed by atoms with E-state index in [1.54, 1.807) is 11.1 Å². The van der Waals surface area contributed by atoms with E-state index in [-0.39, 0.29) is 0 Å². The van der Waals surface area contributed by atoms with Gasteiger partial charge in [0, 0.05) is 0 Å². The van der Waals surface area contributed by atoms with Gasteiger partial charge in [-0.15, -0.1) is 0 Å². The minimum absolute atomic E-state index is 1.04. The molecule has 0 saturated carbocycles. The average molecular weight is 403 g/mol. The van der Waals surface area contributed by atoms with Gasteiger partial charge in [0.1, 0.15) is 0 Å². The third-order valence-corrected chi connectivity index (χ3v) is 6.87. The van der Waals surface area contributed by atoms with Gasteiger partial charge < -0.3 is 0 Å². The van der Waals surface area contributed by atoms with Gasteiger partial charge in [-0.1, -0.05) is 92.2 Å². The lowest BCUT2D eigenvalue weighted by atomic mass is 9.88. The van der Waals surface area contributed by atoms with Gasteiger partial charge in [-0.3, -0.25) is 0 Å². The second kappa shape index (κ2) is 8.19. The fraction of sp³-hybridized carbons (Fsp3) is 0.226. The standard InChI is InChI=1S/C31H30/c1-4-5-12-28-29(26-14-9-7-11-22(26)3)17-18-30-27-16-15-23(19-24(27)20-31(28)30)25-13-8-6-10-21(25)2/h6-11,13-19H,4-5,12,20H2,1-3H3. The van der Waals surface area contributed by atoms with Crippen molar-refractivity contribution in [2.45, 2.75) is 46.5 Å². The lowest BCUT2D eigenvalue weighted by molar-refractivity contribution is 0.791. The van der Waals surface area contributed by atoms with Crippen LogP contribution in [0, 0.1) is 13.8 Å². The zero-order valence-electron chi connectivity index (χ0n) is 18.8. The SMILES string of the molecule is CCCCc1c(-c2ccccc2C)ccc2c1Cc1cc(-c3ccccc3C)ccc1-2. The van der Waals surface area contributed by atoms with Gasteiger partial charge in [0.2, 0.25) is 0 Å². The van der Waals surface area contributed by atoms with Gasteiger partial charge in [0.25, 0.3) is 0 Å². The highest BCUT2D eigenvalue weighted by Gasteiger charge is 2.24. The summed E-state index contributed by atoms with van der Waals surface area (Å²) in [5, 5.41) is 0. The number of hydrogen-bond donors (Lipinski definition) is 0. The predicted molar refractivity (Wildman–Crippen MR) is 134 cm³/mol. The van der Waals surface area contributed by atoms with Crippen LogP contribution in [-0.4, -0.2) is 0 Å². The first-order valence-corrected chi connectivity index (χ1v) is 11.6. The molecule has 0 radical (unpaired) electrons. The van der Waals surface area contributed by atoms with Crippen LogP contribution in [0.15, 0.2) is 78.9 Å². The van der Waals surface area contributed by atoms with Crippen LogP contribution in [0.3, 0.4) is 0 Å². The Morgan fingerprint density at radius 1 is 0.645 bits per heavy atom. The lowest BCUT2D eigenvalue weighted by Gasteiger charge is -2.17. The largest absolute Gasteiger partial charge is 0.0654 e. The molecule has 0 amide bonds. The minimum Gasteiger partial charge on any atom is -0.0654 e. The minimum atomic E-state index is 1.04. The normalized spacial score (nSPS) is 12.0. The number of rotatable bonds is 5. The second-order valence-electron chi connectivity index (χ2n) is 8.90. The lowest BCUT2D eigenvalue weighted by Crippen LogP contribution is -1.98. The third-order valence-electron chi connectivity index (χ3n) is 6.87. The highest BCUT2D eigenvalue weighted by atomic mass is 14.3. The van der Waals surface area contributed by atoms with E-state index in [9.17, 15) is 0 Å². The van der Waals surface area contributed by atoms with E-state index < -0.39 is 0 Å². The van der Waals surface area contributed by atoms with Crippen LogP contribution in [0.5, 0.6) is 0 Å². The highest BCUT2D eigenvalue weighted by Crippen LogP contribution is 2.44. The summed E-state index contributed by atoms with van der Waals surface area (Å²) in [6.45, 7) is 6.73. The molecule has 1 aliphatic carbocycles. The molecule has 4 aromatic rings. The molecule has 0 aromatic heterocycles. The summed E-state index contributed by atoms with van der Waals surface area (Å²) in [6, 6.07) is 29.3. The Balaban J connectivity index is 1.62. The molecular weight excluding hydrogens is 372 g/mol. The summed E-state index contributed by atoms with van der Waals surface area (Å²) < 4.78 is 0. The summed E-state index contributed by atoms with van der Waals surface area (Å²) in [7, 11) is 0. The van der Waals surface area contributed by atoms with Crippen LogP contribution < -0.4 is 0 Å². The Morgan fingerprint density at radius 3 is 2.00 bits per heavy atom. The first-order chi connectivity index (χ1) is 15.2. The van der Waals surface area contributed by atoms with E-state index >= 15 is 0 Å². The van der Waals surface area contributed by atoms with Crippen molar-refractivity contribution >= 4 is 0 Å². The summed E-state index contributed by atoms with van der Waals surface area (Å²) in [5.41, 5.74) is 15.6. The number of aryl methyl sites for hydroxylation is 2. The Labute approximate surface area is 186 Å². The molecule has 4 aromatic carbocycles. The number of hydrogen-bond acceptors (Lipinski definition) is 0. The molecule has 154 valence electrons. The predicted octanol–water partition coefficient (Wildman–Crippen LogP) is 8.55. The zero-order valence-corrected chi connectivity index (χ0v) is 18.8. The molecule has 0 bridgehead atoms. The van der Waals surface area contributed by atoms with Crippen LogP contribution in [-0.2, 0) is 12.8 Å². The van der Waals surface area contributed by atoms with E-state index in [2.05, 4.69) is 99.6 Å². The van der Waals surface area contributed by atoms with Crippen LogP contribution in [0.4, 0.5) is 0 Å². The molecule has 0 heteroatoms. The van der Waals surface area contributed by atoms with Gasteiger partial charge in [0.15, 0.2) is 0 Å². The van der Waals surface area contributed by atoms with Crippen molar-refractivity contribution in [3.05, 3.63) is 107 Å². The summed E-state index contributed by atoms with van der Waals surface area (Å²) in [6.07, 6.45) is 4.66. The molecule has 0 fully saturated rings. The van der Waals surface area contributed by atoms with Gasteiger partial charge >= 0.3 is 0 Å². The topological polar surface area (TPSA) is 0 Å². The molecule has 0 atom stereocenters. The van der Waals surface area contributed by atoms with Crippen LogP contribution in [0.1, 0.15) is 47.6 Å². The van der Waals surface area contributed by atoms with Crippen LogP contribution in [0.25, 0.3) is 33.4 Å². The van der Waals surface area contributed by atoms with E-state index in [0.29, 0.717) is 0 Å². The molecular formula is C31H30. The quantitative estimate of drug-likeness (QED) is 0.276. The number of benzene rings is 4. The van der Waals surface area contributed by atoms with E-state index in [0.717, 1.165) is 12.8 Å². The maximum atomic E-state index is 2.43. The Bertz CT molecular complexity index is 1260. The maximum absolute atomic E-state index is 2.43. The van der Waals surface area contributed by atoms with Crippen molar-refractivity contribution < 1.29 is 0 Å². The first-order valence-electron chi connectivity index (χ1n) is 11.6. The molecule has 0 heterocycles. The molecule has 0 spiro atoms. The van der Waals surface area contributed by atoms with E-state index in [1.807, 2.05) is 0 Å². The highest BCUT2D eigenvalue weighted by molar-refractivity contribution is 5.85. The fourth-order valence-electron chi connectivity index (χ4n) is 5.17. The van der Waals surface area contributed by atoms with Gasteiger partial charge in [-0.25, -0.2) is 0 Å². The number of unbranched alkanes of at least 4 members (excludes halogenated alkanes) is 1. The third kappa shape index (κ3) is 3.51. The van der Waals surface area contributed by atoms with Gasteiger partial charge in [-0.2, -0.15) is 0 Å². The monoisotopic (exact) mass is 402 g/mol. The van der Waals surface area contributed by atoms with Crippen molar-refractivity contribution in [3.8, 4) is 33.4 Å². The maximum Gasteiger partial charge on any atom is -0.00103 e. The summed E-state index contributed by atoms with van der Waals surface area (Å²) in [5.74, 6) is 0.